The van der Waals surface area contributed by atoms with Crippen LogP contribution >= 0.6 is 0 Å². The maximum Gasteiger partial charge on any atom is 0.407 e. The molecule has 1 spiro atoms. The van der Waals surface area contributed by atoms with E-state index >= 15 is 0 Å². The standard InChI is InChI=1S/C28H50N4O8/c1-20(2)10-9-12-27(3,36)24-23(37-4)21(11-13-28(24)19-39-28)40-26(35)32-16-17-38-25(34)31-15-8-6-5-7-14-30-22(33)18-29/h10,21,23-24,36H,5-9,11-19,29H2,1-4H3,(H,30,33)(H,31,34)(H,32,35)/t21?,23?,24?,27?,28-/m0/s1. The molecule has 0 aromatic rings. The normalized spacial score (nSPS) is 24.9. The Balaban J connectivity index is 1.66. The zero-order chi connectivity index (χ0) is 29.6. The minimum absolute atomic E-state index is 0.00119. The third kappa shape index (κ3) is 11.2. The Morgan fingerprint density at radius 3 is 2.33 bits per heavy atom. The quantitative estimate of drug-likeness (QED) is 0.0997. The van der Waals surface area contributed by atoms with E-state index in [0.29, 0.717) is 39.0 Å². The molecule has 0 aromatic carbocycles. The number of hydrogen-bond donors (Lipinski definition) is 5. The molecule has 6 N–H and O–H groups in total. The number of aliphatic hydroxyl groups is 1. The number of amides is 3. The Labute approximate surface area is 238 Å². The molecule has 12 nitrogen and oxygen atoms in total. The Hall–Kier alpha value is -2.41. The predicted octanol–water partition coefficient (Wildman–Crippen LogP) is 2.13. The molecule has 1 aliphatic heterocycles. The smallest absolute Gasteiger partial charge is 0.407 e. The Morgan fingerprint density at radius 2 is 1.73 bits per heavy atom. The first-order valence-corrected chi connectivity index (χ1v) is 14.4. The van der Waals surface area contributed by atoms with Crippen molar-refractivity contribution >= 4 is 18.1 Å². The lowest BCUT2D eigenvalue weighted by Gasteiger charge is -2.47. The molecule has 4 unspecified atom stereocenters. The van der Waals surface area contributed by atoms with E-state index in [4.69, 9.17) is 24.7 Å². The fourth-order valence-electron chi connectivity index (χ4n) is 5.40. The molecule has 0 aromatic heterocycles. The Bertz CT molecular complexity index is 842. The summed E-state index contributed by atoms with van der Waals surface area (Å²) in [6.45, 7) is 7.59. The largest absolute Gasteiger partial charge is 0.448 e. The highest BCUT2D eigenvalue weighted by molar-refractivity contribution is 5.77. The molecular formula is C28H50N4O8. The summed E-state index contributed by atoms with van der Waals surface area (Å²) in [5.41, 5.74) is 4.90. The number of unbranched alkanes of at least 4 members (excludes halogenated alkanes) is 3. The molecule has 1 saturated carbocycles. The van der Waals surface area contributed by atoms with Crippen LogP contribution in [-0.4, -0.2) is 93.1 Å². The topological polar surface area (TPSA) is 174 Å². The van der Waals surface area contributed by atoms with Crippen molar-refractivity contribution in [2.45, 2.75) is 95.5 Å². The van der Waals surface area contributed by atoms with Gasteiger partial charge in [-0.25, -0.2) is 9.59 Å². The molecule has 12 heteroatoms. The number of alkyl carbamates (subject to hydrolysis) is 2. The van der Waals surface area contributed by atoms with Crippen molar-refractivity contribution in [2.24, 2.45) is 11.7 Å². The SMILES string of the molecule is COC1C(OC(=O)NCCOC(=O)NCCCCCCNC(=O)CN)CC[C@]2(CO2)C1C(C)(O)CCC=C(C)C. The van der Waals surface area contributed by atoms with Gasteiger partial charge >= 0.3 is 12.2 Å². The van der Waals surface area contributed by atoms with Crippen LogP contribution in [-0.2, 0) is 23.7 Å². The Kier molecular flexibility index (Phi) is 14.2. The number of epoxide rings is 1. The van der Waals surface area contributed by atoms with E-state index in [1.54, 1.807) is 7.11 Å². The van der Waals surface area contributed by atoms with Gasteiger partial charge in [-0.2, -0.15) is 0 Å². The molecule has 5 atom stereocenters. The number of hydrogen-bond acceptors (Lipinski definition) is 9. The molecule has 1 saturated heterocycles. The van der Waals surface area contributed by atoms with Crippen LogP contribution in [0.5, 0.6) is 0 Å². The van der Waals surface area contributed by atoms with Gasteiger partial charge in [0.2, 0.25) is 5.91 Å². The second-order valence-corrected chi connectivity index (χ2v) is 11.1. The summed E-state index contributed by atoms with van der Waals surface area (Å²) in [6.07, 6.45) is 5.85. The van der Waals surface area contributed by atoms with Crippen molar-refractivity contribution in [2.75, 3.05) is 46.5 Å². The molecule has 2 fully saturated rings. The number of carbonyl (C=O) groups excluding carboxylic acids is 3. The number of methoxy groups -OCH3 is 1. The van der Waals surface area contributed by atoms with Crippen LogP contribution in [0.4, 0.5) is 9.59 Å². The summed E-state index contributed by atoms with van der Waals surface area (Å²) in [7, 11) is 1.56. The van der Waals surface area contributed by atoms with Crippen LogP contribution in [0.2, 0.25) is 0 Å². The summed E-state index contributed by atoms with van der Waals surface area (Å²) in [4.78, 5) is 35.4. The van der Waals surface area contributed by atoms with Gasteiger partial charge in [-0.1, -0.05) is 24.5 Å². The fourth-order valence-corrected chi connectivity index (χ4v) is 5.40. The first-order chi connectivity index (χ1) is 19.0. The van der Waals surface area contributed by atoms with Gasteiger partial charge in [0.15, 0.2) is 0 Å². The molecular weight excluding hydrogens is 520 g/mol. The molecule has 0 radical (unpaired) electrons. The van der Waals surface area contributed by atoms with Gasteiger partial charge in [0.05, 0.1) is 30.9 Å². The van der Waals surface area contributed by atoms with E-state index in [0.717, 1.165) is 32.1 Å². The van der Waals surface area contributed by atoms with Gasteiger partial charge in [-0.15, -0.1) is 0 Å². The van der Waals surface area contributed by atoms with Crippen molar-refractivity contribution < 1.29 is 38.4 Å². The predicted molar refractivity (Wildman–Crippen MR) is 150 cm³/mol. The zero-order valence-electron chi connectivity index (χ0n) is 24.6. The van der Waals surface area contributed by atoms with Crippen LogP contribution < -0.4 is 21.7 Å². The van der Waals surface area contributed by atoms with E-state index in [-0.39, 0.29) is 31.5 Å². The van der Waals surface area contributed by atoms with Crippen LogP contribution in [0.25, 0.3) is 0 Å². The van der Waals surface area contributed by atoms with Crippen molar-refractivity contribution in [3.05, 3.63) is 11.6 Å². The zero-order valence-corrected chi connectivity index (χ0v) is 24.6. The molecule has 2 aliphatic rings. The van der Waals surface area contributed by atoms with Crippen LogP contribution in [0.1, 0.15) is 72.1 Å². The first kappa shape index (κ1) is 33.8. The fraction of sp³-hybridized carbons (Fsp3) is 0.821. The number of ether oxygens (including phenoxy) is 4. The summed E-state index contributed by atoms with van der Waals surface area (Å²) in [6, 6.07) is 0. The summed E-state index contributed by atoms with van der Waals surface area (Å²) >= 11 is 0. The highest BCUT2D eigenvalue weighted by Gasteiger charge is 2.64. The molecule has 0 bridgehead atoms. The minimum Gasteiger partial charge on any atom is -0.448 e. The van der Waals surface area contributed by atoms with Gasteiger partial charge < -0.3 is 45.7 Å². The van der Waals surface area contributed by atoms with Crippen LogP contribution in [0, 0.1) is 5.92 Å². The lowest BCUT2D eigenvalue weighted by molar-refractivity contribution is -0.164. The van der Waals surface area contributed by atoms with Crippen molar-refractivity contribution in [1.82, 2.24) is 16.0 Å². The second kappa shape index (κ2) is 16.8. The molecule has 2 rings (SSSR count). The van der Waals surface area contributed by atoms with Gasteiger partial charge in [0.1, 0.15) is 18.8 Å². The second-order valence-electron chi connectivity index (χ2n) is 11.1. The van der Waals surface area contributed by atoms with Crippen LogP contribution in [0.3, 0.4) is 0 Å². The summed E-state index contributed by atoms with van der Waals surface area (Å²) in [5.74, 6) is -0.503. The number of nitrogens with two attached hydrogens (primary N) is 1. The third-order valence-corrected chi connectivity index (χ3v) is 7.52. The lowest BCUT2D eigenvalue weighted by atomic mass is 9.66. The van der Waals surface area contributed by atoms with Gasteiger partial charge in [-0.3, -0.25) is 4.79 Å². The molecule has 3 amide bonds. The van der Waals surface area contributed by atoms with Crippen LogP contribution in [0.15, 0.2) is 11.6 Å². The average Bonchev–Trinajstić information content (AvgIpc) is 3.67. The van der Waals surface area contributed by atoms with Crippen molar-refractivity contribution in [1.29, 1.82) is 0 Å². The van der Waals surface area contributed by atoms with Gasteiger partial charge in [0.25, 0.3) is 0 Å². The first-order valence-electron chi connectivity index (χ1n) is 14.4. The number of nitrogens with one attached hydrogen (secondary N) is 3. The van der Waals surface area contributed by atoms with E-state index < -0.39 is 35.6 Å². The molecule has 1 aliphatic carbocycles. The third-order valence-electron chi connectivity index (χ3n) is 7.52. The molecule has 1 heterocycles. The molecule has 230 valence electrons. The van der Waals surface area contributed by atoms with E-state index in [2.05, 4.69) is 22.0 Å². The maximum atomic E-state index is 12.5. The number of carbonyl (C=O) groups is 3. The van der Waals surface area contributed by atoms with Gasteiger partial charge in [0, 0.05) is 26.1 Å². The Morgan fingerprint density at radius 1 is 1.07 bits per heavy atom. The average molecular weight is 571 g/mol. The lowest BCUT2D eigenvalue weighted by Crippen LogP contribution is -2.59. The summed E-state index contributed by atoms with van der Waals surface area (Å²) < 4.78 is 22.4. The highest BCUT2D eigenvalue weighted by Crippen LogP contribution is 2.52. The van der Waals surface area contributed by atoms with Crippen molar-refractivity contribution in [3.63, 3.8) is 0 Å². The highest BCUT2D eigenvalue weighted by atomic mass is 16.6. The summed E-state index contributed by atoms with van der Waals surface area (Å²) in [5, 5.41) is 19.4. The van der Waals surface area contributed by atoms with Crippen molar-refractivity contribution in [3.8, 4) is 0 Å². The number of allylic oxidation sites excluding steroid dienone is 2. The minimum atomic E-state index is -1.06. The monoisotopic (exact) mass is 570 g/mol. The van der Waals surface area contributed by atoms with E-state index in [1.807, 2.05) is 20.8 Å². The van der Waals surface area contributed by atoms with Gasteiger partial charge in [-0.05, 0) is 59.3 Å². The maximum absolute atomic E-state index is 12.5. The molecule has 40 heavy (non-hydrogen) atoms. The number of rotatable bonds is 17. The van der Waals surface area contributed by atoms with E-state index in [9.17, 15) is 19.5 Å². The van der Waals surface area contributed by atoms with E-state index in [1.165, 1.54) is 5.57 Å².